The molecule has 6 nitrogen and oxygen atoms in total. The first-order chi connectivity index (χ1) is 13.4. The molecule has 0 spiro atoms. The van der Waals surface area contributed by atoms with Crippen LogP contribution in [-0.4, -0.2) is 22.6 Å². The molecule has 0 saturated carbocycles. The van der Waals surface area contributed by atoms with Crippen molar-refractivity contribution in [1.82, 2.24) is 4.90 Å². The summed E-state index contributed by atoms with van der Waals surface area (Å²) in [4.78, 5) is 38.8. The molecule has 3 aromatic rings. The van der Waals surface area contributed by atoms with Crippen LogP contribution in [0.1, 0.15) is 42.4 Å². The highest BCUT2D eigenvalue weighted by Gasteiger charge is 2.36. The van der Waals surface area contributed by atoms with E-state index in [0.29, 0.717) is 16.5 Å². The van der Waals surface area contributed by atoms with E-state index < -0.39 is 17.7 Å². The number of carbonyl (C=O) groups is 3. The fourth-order valence-electron chi connectivity index (χ4n) is 3.01. The van der Waals surface area contributed by atoms with Crippen molar-refractivity contribution >= 4 is 35.0 Å². The molecule has 1 aromatic heterocycles. The number of hydrogen-bond donors (Lipinski definition) is 1. The van der Waals surface area contributed by atoms with Crippen molar-refractivity contribution in [3.8, 4) is 0 Å². The molecule has 0 bridgehead atoms. The van der Waals surface area contributed by atoms with E-state index in [1.165, 1.54) is 24.5 Å². The van der Waals surface area contributed by atoms with Crippen LogP contribution in [-0.2, 0) is 6.54 Å². The van der Waals surface area contributed by atoms with E-state index in [4.69, 9.17) is 16.0 Å². The second-order valence-electron chi connectivity index (χ2n) is 6.45. The molecule has 1 aliphatic heterocycles. The van der Waals surface area contributed by atoms with Crippen molar-refractivity contribution in [2.75, 3.05) is 5.32 Å². The smallest absolute Gasteiger partial charge is 0.261 e. The summed E-state index contributed by atoms with van der Waals surface area (Å²) in [5.74, 6) is -0.755. The first-order valence-corrected chi connectivity index (χ1v) is 8.92. The first kappa shape index (κ1) is 18.0. The van der Waals surface area contributed by atoms with Gasteiger partial charge in [-0.3, -0.25) is 19.3 Å². The SMILES string of the molecule is Cc1ccc(NC(=O)c2ccc3c(c2)C(=O)N(Cc2ccco2)C3=O)cc1Cl. The Hall–Kier alpha value is -3.38. The van der Waals surface area contributed by atoms with Gasteiger partial charge in [-0.2, -0.15) is 0 Å². The molecule has 1 N–H and O–H groups in total. The van der Waals surface area contributed by atoms with Gasteiger partial charge >= 0.3 is 0 Å². The number of halogens is 1. The maximum atomic E-state index is 12.7. The third-order valence-electron chi connectivity index (χ3n) is 4.56. The van der Waals surface area contributed by atoms with Gasteiger partial charge in [-0.05, 0) is 55.0 Å². The number of amides is 3. The summed E-state index contributed by atoms with van der Waals surface area (Å²) in [7, 11) is 0. The highest BCUT2D eigenvalue weighted by Crippen LogP contribution is 2.26. The Balaban J connectivity index is 1.57. The lowest BCUT2D eigenvalue weighted by Crippen LogP contribution is -2.28. The molecule has 0 saturated heterocycles. The zero-order chi connectivity index (χ0) is 19.8. The van der Waals surface area contributed by atoms with Crippen molar-refractivity contribution in [3.05, 3.63) is 87.8 Å². The number of nitrogens with zero attached hydrogens (tertiary/aromatic N) is 1. The summed E-state index contributed by atoms with van der Waals surface area (Å²) < 4.78 is 5.22. The van der Waals surface area contributed by atoms with Crippen molar-refractivity contribution in [2.45, 2.75) is 13.5 Å². The Bertz CT molecular complexity index is 1110. The number of fused-ring (bicyclic) bond motifs is 1. The number of imide groups is 1. The van der Waals surface area contributed by atoms with E-state index in [2.05, 4.69) is 5.32 Å². The number of hydrogen-bond acceptors (Lipinski definition) is 4. The Morgan fingerprint density at radius 2 is 1.86 bits per heavy atom. The second-order valence-corrected chi connectivity index (χ2v) is 6.86. The number of rotatable bonds is 4. The second kappa shape index (κ2) is 6.98. The third kappa shape index (κ3) is 3.18. The highest BCUT2D eigenvalue weighted by atomic mass is 35.5. The molecule has 7 heteroatoms. The quantitative estimate of drug-likeness (QED) is 0.669. The van der Waals surface area contributed by atoms with Gasteiger partial charge in [-0.15, -0.1) is 0 Å². The van der Waals surface area contributed by atoms with Gasteiger partial charge in [0, 0.05) is 16.3 Å². The van der Waals surface area contributed by atoms with Gasteiger partial charge in [0.15, 0.2) is 0 Å². The molecule has 28 heavy (non-hydrogen) atoms. The van der Waals surface area contributed by atoms with Gasteiger partial charge in [-0.1, -0.05) is 17.7 Å². The Morgan fingerprint density at radius 3 is 2.57 bits per heavy atom. The number of aryl methyl sites for hydroxylation is 1. The molecule has 0 fully saturated rings. The van der Waals surface area contributed by atoms with E-state index in [1.54, 1.807) is 30.3 Å². The van der Waals surface area contributed by atoms with Crippen LogP contribution in [0.4, 0.5) is 5.69 Å². The number of nitrogens with one attached hydrogen (secondary N) is 1. The van der Waals surface area contributed by atoms with E-state index in [1.807, 2.05) is 6.92 Å². The van der Waals surface area contributed by atoms with Crippen LogP contribution in [0.15, 0.2) is 59.2 Å². The van der Waals surface area contributed by atoms with Crippen LogP contribution in [0.2, 0.25) is 5.02 Å². The van der Waals surface area contributed by atoms with Crippen LogP contribution in [0, 0.1) is 6.92 Å². The minimum atomic E-state index is -0.454. The lowest BCUT2D eigenvalue weighted by atomic mass is 10.1. The minimum Gasteiger partial charge on any atom is -0.467 e. The molecular formula is C21H15ClN2O4. The van der Waals surface area contributed by atoms with Crippen LogP contribution >= 0.6 is 11.6 Å². The first-order valence-electron chi connectivity index (χ1n) is 8.54. The molecule has 2 heterocycles. The average molecular weight is 395 g/mol. The molecular weight excluding hydrogens is 380 g/mol. The molecule has 1 aliphatic rings. The molecule has 0 radical (unpaired) electrons. The molecule has 0 unspecified atom stereocenters. The van der Waals surface area contributed by atoms with Crippen molar-refractivity contribution < 1.29 is 18.8 Å². The monoisotopic (exact) mass is 394 g/mol. The van der Waals surface area contributed by atoms with E-state index in [-0.39, 0.29) is 23.2 Å². The van der Waals surface area contributed by atoms with Gasteiger partial charge in [0.1, 0.15) is 5.76 Å². The fraction of sp³-hybridized carbons (Fsp3) is 0.0952. The number of benzene rings is 2. The van der Waals surface area contributed by atoms with E-state index >= 15 is 0 Å². The Kier molecular flexibility index (Phi) is 4.49. The van der Waals surface area contributed by atoms with Crippen LogP contribution in [0.3, 0.4) is 0 Å². The Morgan fingerprint density at radius 1 is 1.07 bits per heavy atom. The summed E-state index contributed by atoms with van der Waals surface area (Å²) in [6, 6.07) is 13.0. The van der Waals surface area contributed by atoms with Crippen molar-refractivity contribution in [1.29, 1.82) is 0 Å². The van der Waals surface area contributed by atoms with Gasteiger partial charge in [-0.25, -0.2) is 0 Å². The predicted octanol–water partition coefficient (Wildman–Crippen LogP) is 4.29. The summed E-state index contributed by atoms with van der Waals surface area (Å²) in [5.41, 5.74) is 2.19. The lowest BCUT2D eigenvalue weighted by molar-refractivity contribution is 0.0631. The third-order valence-corrected chi connectivity index (χ3v) is 4.96. The van der Waals surface area contributed by atoms with Crippen LogP contribution < -0.4 is 5.32 Å². The molecule has 0 aliphatic carbocycles. The van der Waals surface area contributed by atoms with Gasteiger partial charge in [0.25, 0.3) is 17.7 Å². The zero-order valence-corrected chi connectivity index (χ0v) is 15.6. The standard InChI is InChI=1S/C21H15ClN2O4/c1-12-4-6-14(10-18(12)22)23-19(25)13-5-7-16-17(9-13)21(27)24(20(16)26)11-15-3-2-8-28-15/h2-10H,11H2,1H3,(H,23,25). The molecule has 2 aromatic carbocycles. The lowest BCUT2D eigenvalue weighted by Gasteiger charge is -2.11. The topological polar surface area (TPSA) is 79.6 Å². The number of furan rings is 1. The Labute approximate surface area is 165 Å². The molecule has 0 atom stereocenters. The largest absolute Gasteiger partial charge is 0.467 e. The van der Waals surface area contributed by atoms with E-state index in [0.717, 1.165) is 10.5 Å². The predicted molar refractivity (Wildman–Crippen MR) is 103 cm³/mol. The molecule has 4 rings (SSSR count). The maximum Gasteiger partial charge on any atom is 0.261 e. The average Bonchev–Trinajstić information content (AvgIpc) is 3.28. The van der Waals surface area contributed by atoms with E-state index in [9.17, 15) is 14.4 Å². The minimum absolute atomic E-state index is 0.0444. The van der Waals surface area contributed by atoms with Crippen LogP contribution in [0.5, 0.6) is 0 Å². The summed E-state index contributed by atoms with van der Waals surface area (Å²) in [5, 5.41) is 3.29. The normalized spacial score (nSPS) is 13.0. The highest BCUT2D eigenvalue weighted by molar-refractivity contribution is 6.31. The summed E-state index contributed by atoms with van der Waals surface area (Å²) >= 11 is 6.08. The fourth-order valence-corrected chi connectivity index (χ4v) is 3.19. The van der Waals surface area contributed by atoms with Crippen molar-refractivity contribution in [3.63, 3.8) is 0 Å². The molecule has 3 amide bonds. The number of anilines is 1. The van der Waals surface area contributed by atoms with Gasteiger partial charge in [0.05, 0.1) is 23.9 Å². The maximum absolute atomic E-state index is 12.7. The zero-order valence-electron chi connectivity index (χ0n) is 14.9. The molecule has 140 valence electrons. The number of carbonyl (C=O) groups excluding carboxylic acids is 3. The van der Waals surface area contributed by atoms with Crippen molar-refractivity contribution in [2.24, 2.45) is 0 Å². The van der Waals surface area contributed by atoms with Crippen LogP contribution in [0.25, 0.3) is 0 Å². The van der Waals surface area contributed by atoms with Gasteiger partial charge in [0.2, 0.25) is 0 Å². The van der Waals surface area contributed by atoms with Gasteiger partial charge < -0.3 is 9.73 Å². The summed E-state index contributed by atoms with van der Waals surface area (Å²) in [6.07, 6.45) is 1.48. The summed E-state index contributed by atoms with van der Waals surface area (Å²) in [6.45, 7) is 1.91.